The molecule has 1 atom stereocenters. The average molecular weight is 301 g/mol. The normalized spacial score (nSPS) is 11.9. The molecule has 0 aliphatic heterocycles. The van der Waals surface area contributed by atoms with Gasteiger partial charge in [0.25, 0.3) is 0 Å². The van der Waals surface area contributed by atoms with Crippen LogP contribution in [-0.4, -0.2) is 11.7 Å². The number of hydrogen-bond donors (Lipinski definition) is 3. The van der Waals surface area contributed by atoms with Gasteiger partial charge in [-0.2, -0.15) is 0 Å². The Morgan fingerprint density at radius 2 is 1.95 bits per heavy atom. The zero-order valence-corrected chi connectivity index (χ0v) is 12.7. The van der Waals surface area contributed by atoms with Crippen LogP contribution >= 0.6 is 11.8 Å². The van der Waals surface area contributed by atoms with E-state index in [-0.39, 0.29) is 11.8 Å². The molecule has 0 aliphatic carbocycles. The molecule has 5 N–H and O–H groups in total. The van der Waals surface area contributed by atoms with Gasteiger partial charge < -0.3 is 5.73 Å². The van der Waals surface area contributed by atoms with E-state index in [1.54, 1.807) is 11.8 Å². The van der Waals surface area contributed by atoms with Gasteiger partial charge in [-0.1, -0.05) is 36.4 Å². The summed E-state index contributed by atoms with van der Waals surface area (Å²) in [6, 6.07) is 15.4. The Morgan fingerprint density at radius 3 is 2.62 bits per heavy atom. The Morgan fingerprint density at radius 1 is 1.24 bits per heavy atom. The summed E-state index contributed by atoms with van der Waals surface area (Å²) in [7, 11) is 0. The van der Waals surface area contributed by atoms with E-state index in [0.717, 1.165) is 21.7 Å². The van der Waals surface area contributed by atoms with Crippen LogP contribution < -0.4 is 17.0 Å². The molecule has 0 spiro atoms. The number of amides is 1. The summed E-state index contributed by atoms with van der Waals surface area (Å²) in [6.07, 6.45) is 0. The van der Waals surface area contributed by atoms with Crippen molar-refractivity contribution in [2.24, 2.45) is 5.84 Å². The van der Waals surface area contributed by atoms with Crippen molar-refractivity contribution in [1.82, 2.24) is 5.43 Å². The molecule has 1 unspecified atom stereocenters. The smallest absolute Gasteiger partial charge is 0.242 e. The first kappa shape index (κ1) is 15.4. The van der Waals surface area contributed by atoms with Gasteiger partial charge in [0.2, 0.25) is 5.91 Å². The van der Waals surface area contributed by atoms with Gasteiger partial charge in [-0.05, 0) is 30.2 Å². The number of anilines is 1. The lowest BCUT2D eigenvalue weighted by Crippen LogP contribution is -2.35. The number of carbonyl (C=O) groups excluding carboxylic acids is 1. The minimum atomic E-state index is -0.290. The van der Waals surface area contributed by atoms with Gasteiger partial charge in [-0.25, -0.2) is 5.84 Å². The van der Waals surface area contributed by atoms with Crippen LogP contribution in [0.1, 0.15) is 17.0 Å². The van der Waals surface area contributed by atoms with Crippen LogP contribution in [0, 0.1) is 6.92 Å². The van der Waals surface area contributed by atoms with Crippen LogP contribution in [0.25, 0.3) is 0 Å². The van der Waals surface area contributed by atoms with E-state index < -0.39 is 0 Å². The fourth-order valence-electron chi connectivity index (χ4n) is 2.05. The molecule has 2 aromatic carbocycles. The maximum Gasteiger partial charge on any atom is 0.242 e. The number of aryl methyl sites for hydroxylation is 1. The highest BCUT2D eigenvalue weighted by Gasteiger charge is 2.20. The van der Waals surface area contributed by atoms with Crippen molar-refractivity contribution in [3.63, 3.8) is 0 Å². The van der Waals surface area contributed by atoms with Gasteiger partial charge in [0.15, 0.2) is 0 Å². The number of thioether (sulfide) groups is 1. The Bertz CT molecular complexity index is 616. The van der Waals surface area contributed by atoms with Gasteiger partial charge in [0.05, 0.1) is 5.92 Å². The molecule has 0 aliphatic rings. The summed E-state index contributed by atoms with van der Waals surface area (Å²) >= 11 is 1.61. The first-order valence-corrected chi connectivity index (χ1v) is 7.64. The van der Waals surface area contributed by atoms with Crippen LogP contribution in [0.15, 0.2) is 53.4 Å². The van der Waals surface area contributed by atoms with Crippen molar-refractivity contribution in [3.05, 3.63) is 59.7 Å². The third kappa shape index (κ3) is 4.00. The maximum atomic E-state index is 12.0. The number of carbonyl (C=O) groups is 1. The summed E-state index contributed by atoms with van der Waals surface area (Å²) in [5, 5.41) is 0. The molecule has 2 aromatic rings. The second kappa shape index (κ2) is 7.15. The first-order chi connectivity index (χ1) is 10.1. The van der Waals surface area contributed by atoms with E-state index >= 15 is 0 Å². The van der Waals surface area contributed by atoms with Crippen molar-refractivity contribution < 1.29 is 4.79 Å². The number of nitrogens with one attached hydrogen (secondary N) is 1. The van der Waals surface area contributed by atoms with Gasteiger partial charge in [0, 0.05) is 16.3 Å². The molecular weight excluding hydrogens is 282 g/mol. The minimum Gasteiger partial charge on any atom is -0.399 e. The van der Waals surface area contributed by atoms with Crippen molar-refractivity contribution in [2.75, 3.05) is 11.5 Å². The van der Waals surface area contributed by atoms with E-state index in [4.69, 9.17) is 11.6 Å². The number of nitrogen functional groups attached to an aromatic ring is 1. The topological polar surface area (TPSA) is 81.1 Å². The zero-order chi connectivity index (χ0) is 15.2. The second-order valence-corrected chi connectivity index (χ2v) is 5.87. The molecule has 0 aromatic heterocycles. The maximum absolute atomic E-state index is 12.0. The Hall–Kier alpha value is -1.98. The fraction of sp³-hybridized carbons (Fsp3) is 0.188. The third-order valence-corrected chi connectivity index (χ3v) is 4.53. The van der Waals surface area contributed by atoms with E-state index in [2.05, 4.69) is 5.43 Å². The fourth-order valence-corrected chi connectivity index (χ4v) is 3.26. The Labute approximate surface area is 128 Å². The standard InChI is InChI=1S/C16H19N3OS/c1-11-7-8-13(17)9-15(11)21-10-14(16(20)19-18)12-5-3-2-4-6-12/h2-9,14H,10,17-18H2,1H3,(H,19,20). The molecule has 0 bridgehead atoms. The van der Waals surface area contributed by atoms with E-state index in [0.29, 0.717) is 5.75 Å². The summed E-state index contributed by atoms with van der Waals surface area (Å²) in [5.74, 6) is 5.44. The highest BCUT2D eigenvalue weighted by Crippen LogP contribution is 2.29. The molecule has 0 heterocycles. The average Bonchev–Trinajstić information content (AvgIpc) is 2.51. The van der Waals surface area contributed by atoms with Gasteiger partial charge in [-0.15, -0.1) is 11.8 Å². The minimum absolute atomic E-state index is 0.185. The predicted octanol–water partition coefficient (Wildman–Crippen LogP) is 2.44. The van der Waals surface area contributed by atoms with Crippen LogP contribution in [0.5, 0.6) is 0 Å². The predicted molar refractivity (Wildman–Crippen MR) is 87.8 cm³/mol. The monoisotopic (exact) mass is 301 g/mol. The quantitative estimate of drug-likeness (QED) is 0.260. The molecule has 2 rings (SSSR count). The number of hydrogen-bond acceptors (Lipinski definition) is 4. The Kier molecular flexibility index (Phi) is 5.25. The molecule has 5 heteroatoms. The molecule has 0 saturated heterocycles. The van der Waals surface area contributed by atoms with E-state index in [1.807, 2.05) is 55.5 Å². The SMILES string of the molecule is Cc1ccc(N)cc1SCC(C(=O)NN)c1ccccc1. The summed E-state index contributed by atoms with van der Waals surface area (Å²) < 4.78 is 0. The van der Waals surface area contributed by atoms with Crippen LogP contribution in [0.4, 0.5) is 5.69 Å². The van der Waals surface area contributed by atoms with Crippen LogP contribution in [0.3, 0.4) is 0 Å². The lowest BCUT2D eigenvalue weighted by Gasteiger charge is -2.16. The Balaban J connectivity index is 2.16. The third-order valence-electron chi connectivity index (χ3n) is 3.28. The van der Waals surface area contributed by atoms with Crippen molar-refractivity contribution in [3.8, 4) is 0 Å². The van der Waals surface area contributed by atoms with Crippen molar-refractivity contribution in [1.29, 1.82) is 0 Å². The highest BCUT2D eigenvalue weighted by atomic mass is 32.2. The second-order valence-electron chi connectivity index (χ2n) is 4.81. The molecule has 0 radical (unpaired) electrons. The molecule has 0 fully saturated rings. The van der Waals surface area contributed by atoms with Crippen LogP contribution in [-0.2, 0) is 4.79 Å². The molecule has 1 amide bonds. The summed E-state index contributed by atoms with van der Waals surface area (Å²) in [4.78, 5) is 13.1. The molecule has 21 heavy (non-hydrogen) atoms. The first-order valence-electron chi connectivity index (χ1n) is 6.66. The van der Waals surface area contributed by atoms with Crippen molar-refractivity contribution >= 4 is 23.4 Å². The number of benzene rings is 2. The van der Waals surface area contributed by atoms with Gasteiger partial charge in [-0.3, -0.25) is 10.2 Å². The lowest BCUT2D eigenvalue weighted by molar-refractivity contribution is -0.122. The van der Waals surface area contributed by atoms with Crippen molar-refractivity contribution in [2.45, 2.75) is 17.7 Å². The van der Waals surface area contributed by atoms with E-state index in [9.17, 15) is 4.79 Å². The largest absolute Gasteiger partial charge is 0.399 e. The van der Waals surface area contributed by atoms with Gasteiger partial charge in [0.1, 0.15) is 0 Å². The molecule has 4 nitrogen and oxygen atoms in total. The highest BCUT2D eigenvalue weighted by molar-refractivity contribution is 7.99. The zero-order valence-electron chi connectivity index (χ0n) is 11.9. The summed E-state index contributed by atoms with van der Waals surface area (Å²) in [5.41, 5.74) is 10.9. The van der Waals surface area contributed by atoms with Crippen LogP contribution in [0.2, 0.25) is 0 Å². The molecule has 110 valence electrons. The van der Waals surface area contributed by atoms with E-state index in [1.165, 1.54) is 0 Å². The summed E-state index contributed by atoms with van der Waals surface area (Å²) in [6.45, 7) is 2.03. The lowest BCUT2D eigenvalue weighted by atomic mass is 10.0. The van der Waals surface area contributed by atoms with Gasteiger partial charge >= 0.3 is 0 Å². The number of nitrogens with two attached hydrogens (primary N) is 2. The number of hydrazine groups is 1. The molecule has 0 saturated carbocycles. The number of rotatable bonds is 5. The molecular formula is C16H19N3OS.